The van der Waals surface area contributed by atoms with Gasteiger partial charge in [0.05, 0.1) is 0 Å². The molecule has 0 aliphatic heterocycles. The van der Waals surface area contributed by atoms with Crippen molar-refractivity contribution in [1.29, 1.82) is 0 Å². The highest BCUT2D eigenvalue weighted by molar-refractivity contribution is 5.30. The van der Waals surface area contributed by atoms with Crippen LogP contribution in [0.2, 0.25) is 0 Å². The Labute approximate surface area is 116 Å². The number of rotatable bonds is 4. The lowest BCUT2D eigenvalue weighted by Crippen LogP contribution is -2.28. The lowest BCUT2D eigenvalue weighted by atomic mass is 9.85. The van der Waals surface area contributed by atoms with Gasteiger partial charge in [-0.25, -0.2) is 4.39 Å². The molecular weight excluding hydrogens is 237 g/mol. The first kappa shape index (κ1) is 14.5. The van der Waals surface area contributed by atoms with E-state index in [1.807, 2.05) is 13.0 Å². The van der Waals surface area contributed by atoms with E-state index in [0.717, 1.165) is 12.1 Å². The van der Waals surface area contributed by atoms with Gasteiger partial charge in [0, 0.05) is 6.04 Å². The molecule has 0 saturated heterocycles. The largest absolute Gasteiger partial charge is 0.310 e. The molecule has 1 unspecified atom stereocenters. The summed E-state index contributed by atoms with van der Waals surface area (Å²) in [5, 5.41) is 3.63. The second-order valence-corrected chi connectivity index (χ2v) is 5.79. The van der Waals surface area contributed by atoms with Crippen LogP contribution in [0.25, 0.3) is 0 Å². The minimum atomic E-state index is -0.127. The van der Waals surface area contributed by atoms with Crippen molar-refractivity contribution >= 4 is 0 Å². The number of benzene rings is 1. The summed E-state index contributed by atoms with van der Waals surface area (Å²) < 4.78 is 13.3. The molecule has 19 heavy (non-hydrogen) atoms. The van der Waals surface area contributed by atoms with Crippen molar-refractivity contribution in [2.75, 3.05) is 6.54 Å². The van der Waals surface area contributed by atoms with Crippen molar-refractivity contribution < 1.29 is 4.39 Å². The maximum absolute atomic E-state index is 13.3. The molecule has 0 heterocycles. The zero-order valence-corrected chi connectivity index (χ0v) is 12.2. The molecule has 1 aromatic rings. The summed E-state index contributed by atoms with van der Waals surface area (Å²) in [7, 11) is 0. The first-order valence-electron chi connectivity index (χ1n) is 7.71. The number of hydrogen-bond donors (Lipinski definition) is 1. The molecule has 2 rings (SSSR count). The van der Waals surface area contributed by atoms with E-state index in [4.69, 9.17) is 0 Å². The molecule has 1 N–H and O–H groups in total. The van der Waals surface area contributed by atoms with E-state index in [1.165, 1.54) is 44.1 Å². The molecule has 2 heteroatoms. The maximum atomic E-state index is 13.3. The number of aryl methyl sites for hydroxylation is 1. The van der Waals surface area contributed by atoms with E-state index in [-0.39, 0.29) is 5.82 Å². The molecule has 1 aliphatic carbocycles. The van der Waals surface area contributed by atoms with E-state index < -0.39 is 0 Å². The van der Waals surface area contributed by atoms with Crippen LogP contribution in [0.15, 0.2) is 18.2 Å². The fourth-order valence-electron chi connectivity index (χ4n) is 3.38. The summed E-state index contributed by atoms with van der Waals surface area (Å²) in [4.78, 5) is 0. The quantitative estimate of drug-likeness (QED) is 0.773. The van der Waals surface area contributed by atoms with Gasteiger partial charge >= 0.3 is 0 Å². The van der Waals surface area contributed by atoms with Crippen LogP contribution in [-0.4, -0.2) is 6.54 Å². The molecule has 1 nitrogen and oxygen atoms in total. The van der Waals surface area contributed by atoms with Crippen molar-refractivity contribution in [3.63, 3.8) is 0 Å². The van der Waals surface area contributed by atoms with Gasteiger partial charge in [0.15, 0.2) is 0 Å². The zero-order valence-electron chi connectivity index (χ0n) is 12.2. The summed E-state index contributed by atoms with van der Waals surface area (Å²) >= 11 is 0. The van der Waals surface area contributed by atoms with Crippen molar-refractivity contribution in [2.45, 2.75) is 58.4 Å². The third-order valence-electron chi connectivity index (χ3n) is 4.36. The molecule has 0 spiro atoms. The Bertz CT molecular complexity index is 394. The highest BCUT2D eigenvalue weighted by atomic mass is 19.1. The molecular formula is C17H26FN. The SMILES string of the molecule is CCNC(c1ccc(F)cc1C)C1CCCCCC1. The molecule has 1 aliphatic rings. The number of nitrogens with one attached hydrogen (secondary N) is 1. The summed E-state index contributed by atoms with van der Waals surface area (Å²) in [5.74, 6) is 0.573. The van der Waals surface area contributed by atoms with Gasteiger partial charge in [-0.15, -0.1) is 0 Å². The van der Waals surface area contributed by atoms with Crippen LogP contribution >= 0.6 is 0 Å². The Morgan fingerprint density at radius 2 is 1.89 bits per heavy atom. The molecule has 1 atom stereocenters. The van der Waals surface area contributed by atoms with Crippen LogP contribution in [0.5, 0.6) is 0 Å². The van der Waals surface area contributed by atoms with Gasteiger partial charge in [0.25, 0.3) is 0 Å². The van der Waals surface area contributed by atoms with Crippen molar-refractivity contribution in [3.8, 4) is 0 Å². The minimum Gasteiger partial charge on any atom is -0.310 e. The second-order valence-electron chi connectivity index (χ2n) is 5.79. The van der Waals surface area contributed by atoms with E-state index in [9.17, 15) is 4.39 Å². The van der Waals surface area contributed by atoms with Crippen LogP contribution in [0.1, 0.15) is 62.6 Å². The third-order valence-corrected chi connectivity index (χ3v) is 4.36. The monoisotopic (exact) mass is 263 g/mol. The first-order chi connectivity index (χ1) is 9.22. The van der Waals surface area contributed by atoms with E-state index in [1.54, 1.807) is 12.1 Å². The highest BCUT2D eigenvalue weighted by Gasteiger charge is 2.24. The standard InChI is InChI=1S/C17H26FN/c1-3-19-17(14-8-6-4-5-7-9-14)16-11-10-15(18)12-13(16)2/h10-12,14,17,19H,3-9H2,1-2H3. The Kier molecular flexibility index (Phi) is 5.38. The Balaban J connectivity index is 2.22. The molecule has 0 aromatic heterocycles. The lowest BCUT2D eigenvalue weighted by Gasteiger charge is -2.28. The molecule has 0 bridgehead atoms. The molecule has 1 saturated carbocycles. The zero-order chi connectivity index (χ0) is 13.7. The Hall–Kier alpha value is -0.890. The molecule has 106 valence electrons. The van der Waals surface area contributed by atoms with Crippen molar-refractivity contribution in [1.82, 2.24) is 5.32 Å². The normalized spacial score (nSPS) is 19.1. The van der Waals surface area contributed by atoms with E-state index in [0.29, 0.717) is 12.0 Å². The van der Waals surface area contributed by atoms with Crippen LogP contribution in [0.4, 0.5) is 4.39 Å². The van der Waals surface area contributed by atoms with Crippen LogP contribution in [0, 0.1) is 18.7 Å². The summed E-state index contributed by atoms with van der Waals surface area (Å²) in [6, 6.07) is 5.63. The Morgan fingerprint density at radius 1 is 1.21 bits per heavy atom. The maximum Gasteiger partial charge on any atom is 0.123 e. The minimum absolute atomic E-state index is 0.127. The van der Waals surface area contributed by atoms with Gasteiger partial charge in [-0.1, -0.05) is 38.7 Å². The number of hydrogen-bond acceptors (Lipinski definition) is 1. The van der Waals surface area contributed by atoms with Gasteiger partial charge < -0.3 is 5.32 Å². The average molecular weight is 263 g/mol. The summed E-state index contributed by atoms with van der Waals surface area (Å²) in [5.41, 5.74) is 2.37. The predicted molar refractivity (Wildman–Crippen MR) is 78.7 cm³/mol. The van der Waals surface area contributed by atoms with Crippen LogP contribution in [0.3, 0.4) is 0 Å². The van der Waals surface area contributed by atoms with Gasteiger partial charge in [-0.2, -0.15) is 0 Å². The van der Waals surface area contributed by atoms with Gasteiger partial charge in [-0.05, 0) is 55.5 Å². The van der Waals surface area contributed by atoms with E-state index in [2.05, 4.69) is 12.2 Å². The summed E-state index contributed by atoms with van der Waals surface area (Å²) in [6.07, 6.45) is 8.03. The third kappa shape index (κ3) is 3.79. The van der Waals surface area contributed by atoms with Crippen LogP contribution < -0.4 is 5.32 Å². The molecule has 1 aromatic carbocycles. The topological polar surface area (TPSA) is 12.0 Å². The molecule has 0 radical (unpaired) electrons. The van der Waals surface area contributed by atoms with E-state index >= 15 is 0 Å². The molecule has 1 fully saturated rings. The highest BCUT2D eigenvalue weighted by Crippen LogP contribution is 2.34. The first-order valence-corrected chi connectivity index (χ1v) is 7.71. The molecule has 0 amide bonds. The fourth-order valence-corrected chi connectivity index (χ4v) is 3.38. The number of halogens is 1. The predicted octanol–water partition coefficient (Wildman–Crippen LogP) is 4.76. The van der Waals surface area contributed by atoms with Gasteiger partial charge in [-0.3, -0.25) is 0 Å². The Morgan fingerprint density at radius 3 is 2.47 bits per heavy atom. The van der Waals surface area contributed by atoms with Crippen molar-refractivity contribution in [3.05, 3.63) is 35.1 Å². The average Bonchev–Trinajstić information content (AvgIpc) is 2.65. The van der Waals surface area contributed by atoms with Crippen LogP contribution in [-0.2, 0) is 0 Å². The van der Waals surface area contributed by atoms with Crippen molar-refractivity contribution in [2.24, 2.45) is 5.92 Å². The van der Waals surface area contributed by atoms with Gasteiger partial charge in [0.2, 0.25) is 0 Å². The fraction of sp³-hybridized carbons (Fsp3) is 0.647. The lowest BCUT2D eigenvalue weighted by molar-refractivity contribution is 0.329. The second kappa shape index (κ2) is 7.04. The smallest absolute Gasteiger partial charge is 0.123 e. The summed E-state index contributed by atoms with van der Waals surface area (Å²) in [6.45, 7) is 5.15. The van der Waals surface area contributed by atoms with Gasteiger partial charge in [0.1, 0.15) is 5.82 Å².